The minimum Gasteiger partial charge on any atom is -0.506 e. The lowest BCUT2D eigenvalue weighted by molar-refractivity contribution is -0.137. The highest BCUT2D eigenvalue weighted by molar-refractivity contribution is 6.15. The highest BCUT2D eigenvalue weighted by atomic mass is 19.2. The summed E-state index contributed by atoms with van der Waals surface area (Å²) >= 11 is 0. The van der Waals surface area contributed by atoms with Gasteiger partial charge in [0.25, 0.3) is 0 Å². The number of rotatable bonds is 5. The van der Waals surface area contributed by atoms with E-state index in [9.17, 15) is 23.1 Å². The summed E-state index contributed by atoms with van der Waals surface area (Å²) in [5, 5.41) is 11.2. The number of aliphatic hydroxyl groups is 1. The molecule has 0 bridgehead atoms. The molecule has 2 aromatic carbocycles. The molecule has 0 unspecified atom stereocenters. The van der Waals surface area contributed by atoms with E-state index in [1.54, 1.807) is 30.5 Å². The summed E-state index contributed by atoms with van der Waals surface area (Å²) < 4.78 is 45.5. The Kier molecular flexibility index (Phi) is 5.92. The lowest BCUT2D eigenvalue weighted by Crippen LogP contribution is -2.12. The number of fused-ring (bicyclic) bond motifs is 1. The van der Waals surface area contributed by atoms with Gasteiger partial charge in [-0.25, -0.2) is 18.0 Å². The molecule has 0 aliphatic heterocycles. The van der Waals surface area contributed by atoms with Crippen LogP contribution in [0, 0.1) is 17.5 Å². The van der Waals surface area contributed by atoms with Gasteiger partial charge in [-0.05, 0) is 37.3 Å². The van der Waals surface area contributed by atoms with Crippen LogP contribution in [0.1, 0.15) is 12.5 Å². The Morgan fingerprint density at radius 2 is 1.90 bits per heavy atom. The van der Waals surface area contributed by atoms with E-state index in [-0.39, 0.29) is 12.7 Å². The van der Waals surface area contributed by atoms with Gasteiger partial charge in [-0.15, -0.1) is 0 Å². The smallest absolute Gasteiger partial charge is 0.343 e. The Labute approximate surface area is 163 Å². The summed E-state index contributed by atoms with van der Waals surface area (Å²) in [6.45, 7) is 1.52. The molecule has 0 aliphatic rings. The number of ether oxygens (including phenoxy) is 1. The van der Waals surface area contributed by atoms with Crippen molar-refractivity contribution in [1.29, 1.82) is 0 Å². The number of halogens is 3. The Morgan fingerprint density at radius 1 is 1.14 bits per heavy atom. The van der Waals surface area contributed by atoms with Crippen molar-refractivity contribution >= 4 is 34.5 Å². The van der Waals surface area contributed by atoms with Crippen molar-refractivity contribution in [3.05, 3.63) is 77.2 Å². The van der Waals surface area contributed by atoms with Crippen molar-refractivity contribution < 1.29 is 27.8 Å². The molecule has 0 fully saturated rings. The molecule has 0 atom stereocenters. The van der Waals surface area contributed by atoms with Crippen molar-refractivity contribution in [2.45, 2.75) is 6.92 Å². The topological polar surface area (TPSA) is 71.8 Å². The zero-order valence-corrected chi connectivity index (χ0v) is 15.2. The number of benzene rings is 2. The van der Waals surface area contributed by atoms with Crippen LogP contribution in [0.5, 0.6) is 0 Å². The van der Waals surface area contributed by atoms with E-state index in [4.69, 9.17) is 4.74 Å². The van der Waals surface area contributed by atoms with Crippen LogP contribution in [0.25, 0.3) is 16.7 Å². The monoisotopic (exact) mass is 400 g/mol. The molecule has 0 amide bonds. The first-order valence-electron chi connectivity index (χ1n) is 8.54. The number of carbonyl (C=O) groups is 1. The van der Waals surface area contributed by atoms with Crippen molar-refractivity contribution in [2.75, 3.05) is 6.61 Å². The van der Waals surface area contributed by atoms with Crippen LogP contribution in [-0.4, -0.2) is 28.9 Å². The maximum absolute atomic E-state index is 14.0. The Bertz CT molecular complexity index is 1140. The van der Waals surface area contributed by atoms with Gasteiger partial charge in [0.15, 0.2) is 11.6 Å². The molecule has 0 saturated heterocycles. The summed E-state index contributed by atoms with van der Waals surface area (Å²) in [5.74, 6) is -5.97. The molecule has 5 nitrogen and oxygen atoms in total. The van der Waals surface area contributed by atoms with E-state index < -0.39 is 40.3 Å². The van der Waals surface area contributed by atoms with Gasteiger partial charge in [0, 0.05) is 23.9 Å². The third-order valence-electron chi connectivity index (χ3n) is 3.94. The Hall–Kier alpha value is -3.68. The second-order valence-electron chi connectivity index (χ2n) is 5.87. The predicted octanol–water partition coefficient (Wildman–Crippen LogP) is 4.89. The first-order chi connectivity index (χ1) is 13.9. The average Bonchev–Trinajstić information content (AvgIpc) is 2.70. The standard InChI is InChI=1S/C21H15F3N2O3/c1-2-29-21(28)15(20(27)14-9-17(23)18(24)10-16(14)22)11-26-13-5-6-19-12(8-13)4-3-7-25-19/h3-11,27H,2H2,1H3/b20-15+,26-11?. The number of aliphatic hydroxyl groups excluding tert-OH is 1. The Morgan fingerprint density at radius 3 is 2.66 bits per heavy atom. The van der Waals surface area contributed by atoms with E-state index in [0.29, 0.717) is 11.8 Å². The summed E-state index contributed by atoms with van der Waals surface area (Å²) in [4.78, 5) is 20.5. The second-order valence-corrected chi connectivity index (χ2v) is 5.87. The van der Waals surface area contributed by atoms with E-state index in [1.807, 2.05) is 6.07 Å². The van der Waals surface area contributed by atoms with Crippen molar-refractivity contribution in [2.24, 2.45) is 4.99 Å². The van der Waals surface area contributed by atoms with E-state index >= 15 is 0 Å². The van der Waals surface area contributed by atoms with Gasteiger partial charge in [0.1, 0.15) is 17.1 Å². The molecule has 0 radical (unpaired) electrons. The number of aliphatic imine (C=N–C) groups is 1. The predicted molar refractivity (Wildman–Crippen MR) is 102 cm³/mol. The van der Waals surface area contributed by atoms with Gasteiger partial charge in [-0.1, -0.05) is 6.07 Å². The molecule has 29 heavy (non-hydrogen) atoms. The van der Waals surface area contributed by atoms with Gasteiger partial charge in [-0.3, -0.25) is 9.98 Å². The number of carbonyl (C=O) groups excluding carboxylic acids is 1. The molecular formula is C21H15F3N2O3. The normalized spacial score (nSPS) is 12.3. The maximum Gasteiger partial charge on any atom is 0.343 e. The molecule has 3 rings (SSSR count). The van der Waals surface area contributed by atoms with Crippen LogP contribution in [0.3, 0.4) is 0 Å². The van der Waals surface area contributed by atoms with Crippen molar-refractivity contribution in [3.8, 4) is 0 Å². The molecule has 1 N–H and O–H groups in total. The summed E-state index contributed by atoms with van der Waals surface area (Å²) in [6.07, 6.45) is 2.62. The molecule has 0 spiro atoms. The molecule has 1 aromatic heterocycles. The number of pyridine rings is 1. The largest absolute Gasteiger partial charge is 0.506 e. The molecule has 1 heterocycles. The third kappa shape index (κ3) is 4.43. The SMILES string of the molecule is CCOC(=O)/C(C=Nc1ccc2ncccc2c1)=C(/O)c1cc(F)c(F)cc1F. The van der Waals surface area contributed by atoms with Gasteiger partial charge >= 0.3 is 5.97 Å². The van der Waals surface area contributed by atoms with Crippen molar-refractivity contribution in [1.82, 2.24) is 4.98 Å². The van der Waals surface area contributed by atoms with Crippen LogP contribution >= 0.6 is 0 Å². The quantitative estimate of drug-likeness (QED) is 0.218. The molecule has 148 valence electrons. The summed E-state index contributed by atoms with van der Waals surface area (Å²) in [7, 11) is 0. The second kappa shape index (κ2) is 8.55. The third-order valence-corrected chi connectivity index (χ3v) is 3.94. The minimum absolute atomic E-state index is 0.0225. The number of hydrogen-bond acceptors (Lipinski definition) is 5. The van der Waals surface area contributed by atoms with Gasteiger partial charge in [0.05, 0.1) is 23.4 Å². The van der Waals surface area contributed by atoms with E-state index in [0.717, 1.165) is 17.1 Å². The molecule has 3 aromatic rings. The highest BCUT2D eigenvalue weighted by Gasteiger charge is 2.21. The first-order valence-corrected chi connectivity index (χ1v) is 8.54. The van der Waals surface area contributed by atoms with Gasteiger partial charge < -0.3 is 9.84 Å². The fourth-order valence-corrected chi connectivity index (χ4v) is 2.55. The summed E-state index contributed by atoms with van der Waals surface area (Å²) in [5.41, 5.74) is -0.0469. The molecule has 8 heteroatoms. The maximum atomic E-state index is 14.0. The number of aromatic nitrogens is 1. The number of hydrogen-bond donors (Lipinski definition) is 1. The highest BCUT2D eigenvalue weighted by Crippen LogP contribution is 2.24. The first kappa shape index (κ1) is 20.1. The average molecular weight is 400 g/mol. The number of esters is 1. The van der Waals surface area contributed by atoms with Crippen molar-refractivity contribution in [3.63, 3.8) is 0 Å². The zero-order valence-electron chi connectivity index (χ0n) is 15.2. The minimum atomic E-state index is -1.42. The van der Waals surface area contributed by atoms with E-state index in [2.05, 4.69) is 9.98 Å². The van der Waals surface area contributed by atoms with Crippen LogP contribution in [0.15, 0.2) is 59.2 Å². The van der Waals surface area contributed by atoms with E-state index in [1.165, 1.54) is 6.92 Å². The molecule has 0 saturated carbocycles. The fourth-order valence-electron chi connectivity index (χ4n) is 2.55. The number of nitrogens with zero attached hydrogens (tertiary/aromatic N) is 2. The fraction of sp³-hybridized carbons (Fsp3) is 0.0952. The molecule has 0 aliphatic carbocycles. The lowest BCUT2D eigenvalue weighted by atomic mass is 10.1. The van der Waals surface area contributed by atoms with Crippen LogP contribution in [0.2, 0.25) is 0 Å². The van der Waals surface area contributed by atoms with Gasteiger partial charge in [-0.2, -0.15) is 0 Å². The summed E-state index contributed by atoms with van der Waals surface area (Å²) in [6, 6.07) is 9.33. The lowest BCUT2D eigenvalue weighted by Gasteiger charge is -2.08. The van der Waals surface area contributed by atoms with Crippen LogP contribution in [-0.2, 0) is 9.53 Å². The Balaban J connectivity index is 2.06. The zero-order chi connectivity index (χ0) is 21.0. The van der Waals surface area contributed by atoms with Crippen LogP contribution in [0.4, 0.5) is 18.9 Å². The van der Waals surface area contributed by atoms with Crippen LogP contribution < -0.4 is 0 Å². The van der Waals surface area contributed by atoms with Gasteiger partial charge in [0.2, 0.25) is 0 Å². The molecular weight excluding hydrogens is 385 g/mol.